The minimum absolute atomic E-state index is 0.218. The summed E-state index contributed by atoms with van der Waals surface area (Å²) in [7, 11) is 0. The van der Waals surface area contributed by atoms with Crippen LogP contribution in [0.4, 0.5) is 0 Å². The molecular formula is C14H9N3O2S. The summed E-state index contributed by atoms with van der Waals surface area (Å²) in [6.45, 7) is 0. The fourth-order valence-corrected chi connectivity index (χ4v) is 2.70. The summed E-state index contributed by atoms with van der Waals surface area (Å²) in [5.74, 6) is -0.982. The van der Waals surface area contributed by atoms with E-state index in [1.165, 1.54) is 0 Å². The average Bonchev–Trinajstić information content (AvgIpc) is 2.94. The van der Waals surface area contributed by atoms with E-state index in [0.29, 0.717) is 10.7 Å². The van der Waals surface area contributed by atoms with Crippen LogP contribution in [0.1, 0.15) is 9.67 Å². The molecule has 0 fully saturated rings. The second-order valence-corrected chi connectivity index (χ2v) is 4.98. The summed E-state index contributed by atoms with van der Waals surface area (Å²) in [4.78, 5) is 24.0. The van der Waals surface area contributed by atoms with Gasteiger partial charge in [0.15, 0.2) is 0 Å². The van der Waals surface area contributed by atoms with Gasteiger partial charge in [-0.25, -0.2) is 9.78 Å². The van der Waals surface area contributed by atoms with E-state index in [0.717, 1.165) is 22.5 Å². The molecule has 3 aromatic heterocycles. The van der Waals surface area contributed by atoms with Crippen LogP contribution in [0.2, 0.25) is 0 Å². The number of carboxylic acids is 1. The van der Waals surface area contributed by atoms with E-state index in [9.17, 15) is 9.90 Å². The molecule has 0 spiro atoms. The van der Waals surface area contributed by atoms with Crippen molar-refractivity contribution < 1.29 is 9.90 Å². The minimum Gasteiger partial charge on any atom is -0.477 e. The summed E-state index contributed by atoms with van der Waals surface area (Å²) in [5.41, 5.74) is 2.01. The molecule has 0 radical (unpaired) electrons. The van der Waals surface area contributed by atoms with E-state index in [1.54, 1.807) is 43.0 Å². The Bertz CT molecular complexity index is 742. The third-order valence-electron chi connectivity index (χ3n) is 2.68. The van der Waals surface area contributed by atoms with Crippen LogP contribution in [0.15, 0.2) is 49.1 Å². The first kappa shape index (κ1) is 12.4. The number of aromatic nitrogens is 3. The molecule has 0 aliphatic carbocycles. The van der Waals surface area contributed by atoms with Gasteiger partial charge < -0.3 is 5.11 Å². The van der Waals surface area contributed by atoms with Gasteiger partial charge in [-0.2, -0.15) is 0 Å². The first-order valence-corrected chi connectivity index (χ1v) is 6.62. The third kappa shape index (κ3) is 2.28. The Morgan fingerprint density at radius 1 is 1.05 bits per heavy atom. The van der Waals surface area contributed by atoms with Crippen molar-refractivity contribution in [3.63, 3.8) is 0 Å². The zero-order valence-electron chi connectivity index (χ0n) is 10.2. The lowest BCUT2D eigenvalue weighted by Crippen LogP contribution is -1.95. The van der Waals surface area contributed by atoms with Gasteiger partial charge in [0.1, 0.15) is 9.88 Å². The molecule has 0 atom stereocenters. The Labute approximate surface area is 118 Å². The maximum atomic E-state index is 11.4. The van der Waals surface area contributed by atoms with Crippen LogP contribution in [-0.2, 0) is 0 Å². The van der Waals surface area contributed by atoms with Crippen LogP contribution in [0.3, 0.4) is 0 Å². The van der Waals surface area contributed by atoms with Crippen molar-refractivity contribution >= 4 is 17.3 Å². The molecule has 5 nitrogen and oxygen atoms in total. The van der Waals surface area contributed by atoms with Crippen molar-refractivity contribution in [2.45, 2.75) is 0 Å². The van der Waals surface area contributed by atoms with Crippen LogP contribution >= 0.6 is 11.3 Å². The molecule has 3 aromatic rings. The Hall–Kier alpha value is -2.60. The van der Waals surface area contributed by atoms with E-state index < -0.39 is 5.97 Å². The largest absolute Gasteiger partial charge is 0.477 e. The topological polar surface area (TPSA) is 76.0 Å². The molecule has 0 aromatic carbocycles. The van der Waals surface area contributed by atoms with E-state index in [1.807, 2.05) is 6.07 Å². The molecule has 20 heavy (non-hydrogen) atoms. The fourth-order valence-electron chi connectivity index (χ4n) is 1.78. The molecule has 3 heterocycles. The van der Waals surface area contributed by atoms with Gasteiger partial charge in [0, 0.05) is 35.9 Å². The lowest BCUT2D eigenvalue weighted by atomic mass is 10.2. The predicted molar refractivity (Wildman–Crippen MR) is 75.5 cm³/mol. The highest BCUT2D eigenvalue weighted by molar-refractivity contribution is 7.17. The number of carboxylic acid groups (broad SMARTS) is 1. The molecule has 6 heteroatoms. The van der Waals surface area contributed by atoms with Gasteiger partial charge in [-0.15, -0.1) is 11.3 Å². The van der Waals surface area contributed by atoms with E-state index in [4.69, 9.17) is 0 Å². The molecule has 98 valence electrons. The van der Waals surface area contributed by atoms with Gasteiger partial charge in [-0.3, -0.25) is 9.97 Å². The average molecular weight is 283 g/mol. The number of pyridine rings is 2. The van der Waals surface area contributed by atoms with Crippen molar-refractivity contribution in [3.8, 4) is 21.8 Å². The number of nitrogens with zero attached hydrogens (tertiary/aromatic N) is 3. The molecular weight excluding hydrogens is 274 g/mol. The Balaban J connectivity index is 2.15. The minimum atomic E-state index is -0.982. The zero-order chi connectivity index (χ0) is 13.9. The van der Waals surface area contributed by atoms with Crippen molar-refractivity contribution in [1.29, 1.82) is 0 Å². The number of aromatic carboxylic acids is 1. The van der Waals surface area contributed by atoms with Crippen molar-refractivity contribution in [2.75, 3.05) is 0 Å². The molecule has 0 bridgehead atoms. The SMILES string of the molecule is O=C(O)c1sc(-c2cccnc2)nc1-c1ccncc1. The Morgan fingerprint density at radius 3 is 2.50 bits per heavy atom. The Morgan fingerprint density at radius 2 is 1.85 bits per heavy atom. The number of thiazole rings is 1. The van der Waals surface area contributed by atoms with Crippen LogP contribution in [-0.4, -0.2) is 26.0 Å². The van der Waals surface area contributed by atoms with E-state index in [2.05, 4.69) is 15.0 Å². The standard InChI is InChI=1S/C14H9N3O2S/c18-14(19)12-11(9-3-6-15-7-4-9)17-13(20-12)10-2-1-5-16-8-10/h1-8H,(H,18,19). The van der Waals surface area contributed by atoms with Crippen LogP contribution in [0.25, 0.3) is 21.8 Å². The highest BCUT2D eigenvalue weighted by atomic mass is 32.1. The fraction of sp³-hybridized carbons (Fsp3) is 0. The molecule has 0 aliphatic rings. The number of hydrogen-bond donors (Lipinski definition) is 1. The van der Waals surface area contributed by atoms with E-state index >= 15 is 0 Å². The van der Waals surface area contributed by atoms with Gasteiger partial charge in [-0.05, 0) is 24.3 Å². The number of hydrogen-bond acceptors (Lipinski definition) is 5. The monoisotopic (exact) mass is 283 g/mol. The maximum absolute atomic E-state index is 11.4. The van der Waals surface area contributed by atoms with Crippen LogP contribution in [0, 0.1) is 0 Å². The van der Waals surface area contributed by atoms with Gasteiger partial charge in [0.05, 0.1) is 5.69 Å². The summed E-state index contributed by atoms with van der Waals surface area (Å²) in [5, 5.41) is 9.97. The van der Waals surface area contributed by atoms with Crippen LogP contribution in [0.5, 0.6) is 0 Å². The molecule has 0 amide bonds. The molecule has 1 N–H and O–H groups in total. The van der Waals surface area contributed by atoms with Crippen molar-refractivity contribution in [1.82, 2.24) is 15.0 Å². The van der Waals surface area contributed by atoms with Gasteiger partial charge in [0.2, 0.25) is 0 Å². The molecule has 0 saturated carbocycles. The summed E-state index contributed by atoms with van der Waals surface area (Å²) in [6, 6.07) is 7.14. The molecule has 3 rings (SSSR count). The lowest BCUT2D eigenvalue weighted by Gasteiger charge is -1.97. The maximum Gasteiger partial charge on any atom is 0.348 e. The summed E-state index contributed by atoms with van der Waals surface area (Å²) in [6.07, 6.45) is 6.56. The lowest BCUT2D eigenvalue weighted by molar-refractivity contribution is 0.0702. The first-order chi connectivity index (χ1) is 9.75. The van der Waals surface area contributed by atoms with Gasteiger partial charge in [-0.1, -0.05) is 0 Å². The predicted octanol–water partition coefficient (Wildman–Crippen LogP) is 2.97. The second kappa shape index (κ2) is 5.18. The summed E-state index contributed by atoms with van der Waals surface area (Å²) < 4.78 is 0. The Kier molecular flexibility index (Phi) is 3.22. The van der Waals surface area contributed by atoms with E-state index in [-0.39, 0.29) is 4.88 Å². The molecule has 0 aliphatic heterocycles. The van der Waals surface area contributed by atoms with Gasteiger partial charge in [0.25, 0.3) is 0 Å². The van der Waals surface area contributed by atoms with Crippen LogP contribution < -0.4 is 0 Å². The summed E-state index contributed by atoms with van der Waals surface area (Å²) >= 11 is 1.14. The normalized spacial score (nSPS) is 10.4. The smallest absolute Gasteiger partial charge is 0.348 e. The number of rotatable bonds is 3. The highest BCUT2D eigenvalue weighted by Crippen LogP contribution is 2.33. The number of carbonyl (C=O) groups is 1. The van der Waals surface area contributed by atoms with Crippen molar-refractivity contribution in [2.24, 2.45) is 0 Å². The zero-order valence-corrected chi connectivity index (χ0v) is 11.0. The second-order valence-electron chi connectivity index (χ2n) is 3.98. The molecule has 0 unspecified atom stereocenters. The highest BCUT2D eigenvalue weighted by Gasteiger charge is 2.19. The molecule has 0 saturated heterocycles. The first-order valence-electron chi connectivity index (χ1n) is 5.80. The quantitative estimate of drug-likeness (QED) is 0.799. The van der Waals surface area contributed by atoms with Crippen molar-refractivity contribution in [3.05, 3.63) is 53.9 Å². The third-order valence-corrected chi connectivity index (χ3v) is 3.78. The van der Waals surface area contributed by atoms with Gasteiger partial charge >= 0.3 is 5.97 Å².